The Bertz CT molecular complexity index is 599. The Labute approximate surface area is 119 Å². The highest BCUT2D eigenvalue weighted by atomic mass is 16.5. The molecule has 0 saturated heterocycles. The number of rotatable bonds is 3. The molecular weight excluding hydrogens is 250 g/mol. The summed E-state index contributed by atoms with van der Waals surface area (Å²) in [5, 5.41) is 0. The van der Waals surface area contributed by atoms with Crippen molar-refractivity contribution < 1.29 is 4.74 Å². The molecule has 2 unspecified atom stereocenters. The number of fused-ring (bicyclic) bond motifs is 1. The van der Waals surface area contributed by atoms with Gasteiger partial charge >= 0.3 is 0 Å². The molecule has 1 aliphatic rings. The molecule has 1 aromatic heterocycles. The van der Waals surface area contributed by atoms with Crippen LogP contribution in [-0.2, 0) is 0 Å². The molecule has 4 heteroatoms. The molecule has 0 bridgehead atoms. The van der Waals surface area contributed by atoms with Gasteiger partial charge in [0.25, 0.3) is 5.88 Å². The topological polar surface area (TPSA) is 61.0 Å². The fraction of sp³-hybridized carbons (Fsp3) is 0.500. The van der Waals surface area contributed by atoms with Gasteiger partial charge in [0.05, 0.1) is 11.0 Å². The Kier molecular flexibility index (Phi) is 3.72. The van der Waals surface area contributed by atoms with Crippen LogP contribution in [0, 0.1) is 5.92 Å². The molecule has 2 atom stereocenters. The molecule has 1 aromatic carbocycles. The second kappa shape index (κ2) is 5.65. The van der Waals surface area contributed by atoms with Crippen LogP contribution in [0.5, 0.6) is 5.88 Å². The number of aromatic nitrogens is 2. The fourth-order valence-electron chi connectivity index (χ4n) is 3.02. The molecule has 1 aliphatic carbocycles. The van der Waals surface area contributed by atoms with E-state index < -0.39 is 0 Å². The first kappa shape index (κ1) is 13.2. The molecule has 1 saturated carbocycles. The fourth-order valence-corrected chi connectivity index (χ4v) is 3.02. The molecule has 0 aliphatic heterocycles. The molecule has 0 radical (unpaired) electrons. The standard InChI is InChI=1S/C16H21N3O/c1-2-11-7-3-6-10-14(11)20-16-15(17)18-12-8-4-5-9-13(12)19-16/h4-5,8-9,11,14H,2-3,6-7,10H2,1H3,(H2,17,18). The van der Waals surface area contributed by atoms with E-state index in [1.165, 1.54) is 19.3 Å². The molecule has 2 N–H and O–H groups in total. The Hall–Kier alpha value is -1.84. The van der Waals surface area contributed by atoms with E-state index in [0.29, 0.717) is 17.6 Å². The van der Waals surface area contributed by atoms with Crippen molar-refractivity contribution in [3.05, 3.63) is 24.3 Å². The van der Waals surface area contributed by atoms with Crippen LogP contribution < -0.4 is 10.5 Å². The van der Waals surface area contributed by atoms with Crippen LogP contribution in [0.4, 0.5) is 5.82 Å². The maximum absolute atomic E-state index is 6.10. The highest BCUT2D eigenvalue weighted by Gasteiger charge is 2.26. The van der Waals surface area contributed by atoms with Gasteiger partial charge in [0.1, 0.15) is 6.10 Å². The van der Waals surface area contributed by atoms with E-state index >= 15 is 0 Å². The molecule has 1 heterocycles. The van der Waals surface area contributed by atoms with Gasteiger partial charge in [-0.1, -0.05) is 25.5 Å². The van der Waals surface area contributed by atoms with Gasteiger partial charge in [0.2, 0.25) is 0 Å². The maximum atomic E-state index is 6.10. The summed E-state index contributed by atoms with van der Waals surface area (Å²) in [7, 11) is 0. The summed E-state index contributed by atoms with van der Waals surface area (Å²) in [5.74, 6) is 1.49. The van der Waals surface area contributed by atoms with Crippen molar-refractivity contribution in [3.63, 3.8) is 0 Å². The van der Waals surface area contributed by atoms with Crippen molar-refractivity contribution in [1.82, 2.24) is 9.97 Å². The smallest absolute Gasteiger partial charge is 0.258 e. The van der Waals surface area contributed by atoms with E-state index in [4.69, 9.17) is 10.5 Å². The Morgan fingerprint density at radius 3 is 2.60 bits per heavy atom. The van der Waals surface area contributed by atoms with Crippen LogP contribution in [0.2, 0.25) is 0 Å². The van der Waals surface area contributed by atoms with E-state index in [9.17, 15) is 0 Å². The van der Waals surface area contributed by atoms with Gasteiger partial charge in [-0.25, -0.2) is 9.97 Å². The lowest BCUT2D eigenvalue weighted by Crippen LogP contribution is -2.30. The van der Waals surface area contributed by atoms with Gasteiger partial charge in [-0.15, -0.1) is 0 Å². The maximum Gasteiger partial charge on any atom is 0.258 e. The SMILES string of the molecule is CCC1CCCCC1Oc1nc2ccccc2nc1N. The summed E-state index contributed by atoms with van der Waals surface area (Å²) >= 11 is 0. The zero-order chi connectivity index (χ0) is 13.9. The van der Waals surface area contributed by atoms with Gasteiger partial charge in [-0.3, -0.25) is 0 Å². The highest BCUT2D eigenvalue weighted by molar-refractivity contribution is 5.76. The third kappa shape index (κ3) is 2.55. The van der Waals surface area contributed by atoms with Gasteiger partial charge in [0, 0.05) is 0 Å². The Morgan fingerprint density at radius 1 is 1.15 bits per heavy atom. The van der Waals surface area contributed by atoms with Crippen LogP contribution >= 0.6 is 0 Å². The number of para-hydroxylation sites is 2. The second-order valence-corrected chi connectivity index (χ2v) is 5.51. The molecule has 4 nitrogen and oxygen atoms in total. The Morgan fingerprint density at radius 2 is 1.85 bits per heavy atom. The summed E-state index contributed by atoms with van der Waals surface area (Å²) in [6.45, 7) is 2.22. The number of hydrogen-bond acceptors (Lipinski definition) is 4. The summed E-state index contributed by atoms with van der Waals surface area (Å²) in [4.78, 5) is 8.91. The predicted molar refractivity (Wildman–Crippen MR) is 80.6 cm³/mol. The van der Waals surface area contributed by atoms with Crippen LogP contribution in [0.15, 0.2) is 24.3 Å². The molecule has 106 valence electrons. The number of benzene rings is 1. The largest absolute Gasteiger partial charge is 0.471 e. The van der Waals surface area contributed by atoms with Crippen LogP contribution in [0.3, 0.4) is 0 Å². The molecule has 3 rings (SSSR count). The average Bonchev–Trinajstić information content (AvgIpc) is 2.48. The summed E-state index contributed by atoms with van der Waals surface area (Å²) in [6.07, 6.45) is 6.23. The van der Waals surface area contributed by atoms with Gasteiger partial charge in [-0.05, 0) is 43.7 Å². The highest BCUT2D eigenvalue weighted by Crippen LogP contribution is 2.31. The summed E-state index contributed by atoms with van der Waals surface area (Å²) < 4.78 is 6.10. The lowest BCUT2D eigenvalue weighted by molar-refractivity contribution is 0.0867. The molecule has 0 amide bonds. The monoisotopic (exact) mass is 271 g/mol. The van der Waals surface area contributed by atoms with Crippen molar-refractivity contribution >= 4 is 16.9 Å². The van der Waals surface area contributed by atoms with Gasteiger partial charge in [-0.2, -0.15) is 0 Å². The number of anilines is 1. The van der Waals surface area contributed by atoms with Crippen molar-refractivity contribution in [2.45, 2.75) is 45.1 Å². The zero-order valence-electron chi connectivity index (χ0n) is 11.9. The van der Waals surface area contributed by atoms with E-state index in [1.54, 1.807) is 0 Å². The number of hydrogen-bond donors (Lipinski definition) is 1. The van der Waals surface area contributed by atoms with Crippen molar-refractivity contribution in [1.29, 1.82) is 0 Å². The third-order valence-corrected chi connectivity index (χ3v) is 4.19. The van der Waals surface area contributed by atoms with Crippen molar-refractivity contribution in [3.8, 4) is 5.88 Å². The number of nitrogen functional groups attached to an aromatic ring is 1. The van der Waals surface area contributed by atoms with E-state index in [-0.39, 0.29) is 6.10 Å². The number of nitrogens with two attached hydrogens (primary N) is 1. The molecule has 20 heavy (non-hydrogen) atoms. The van der Waals surface area contributed by atoms with Crippen LogP contribution in [0.25, 0.3) is 11.0 Å². The normalized spacial score (nSPS) is 22.9. The lowest BCUT2D eigenvalue weighted by atomic mass is 9.85. The van der Waals surface area contributed by atoms with Crippen molar-refractivity contribution in [2.24, 2.45) is 5.92 Å². The predicted octanol–water partition coefficient (Wildman–Crippen LogP) is 3.56. The van der Waals surface area contributed by atoms with E-state index in [0.717, 1.165) is 23.9 Å². The minimum absolute atomic E-state index is 0.228. The van der Waals surface area contributed by atoms with E-state index in [2.05, 4.69) is 16.9 Å². The zero-order valence-corrected chi connectivity index (χ0v) is 11.9. The lowest BCUT2D eigenvalue weighted by Gasteiger charge is -2.30. The minimum Gasteiger partial charge on any atom is -0.471 e. The summed E-state index contributed by atoms with van der Waals surface area (Å²) in [6, 6.07) is 7.74. The molecule has 1 fully saturated rings. The third-order valence-electron chi connectivity index (χ3n) is 4.19. The second-order valence-electron chi connectivity index (χ2n) is 5.51. The quantitative estimate of drug-likeness (QED) is 0.927. The first-order chi connectivity index (χ1) is 9.78. The minimum atomic E-state index is 0.228. The summed E-state index contributed by atoms with van der Waals surface area (Å²) in [5.41, 5.74) is 7.64. The Balaban J connectivity index is 1.87. The van der Waals surface area contributed by atoms with Gasteiger partial charge < -0.3 is 10.5 Å². The van der Waals surface area contributed by atoms with Crippen LogP contribution in [0.1, 0.15) is 39.0 Å². The first-order valence-electron chi connectivity index (χ1n) is 7.47. The van der Waals surface area contributed by atoms with Gasteiger partial charge in [0.15, 0.2) is 5.82 Å². The number of ether oxygens (including phenoxy) is 1. The van der Waals surface area contributed by atoms with Crippen molar-refractivity contribution in [2.75, 3.05) is 5.73 Å². The van der Waals surface area contributed by atoms with E-state index in [1.807, 2.05) is 24.3 Å². The molecule has 0 spiro atoms. The first-order valence-corrected chi connectivity index (χ1v) is 7.47. The number of nitrogens with zero attached hydrogens (tertiary/aromatic N) is 2. The molecular formula is C16H21N3O. The average molecular weight is 271 g/mol. The van der Waals surface area contributed by atoms with Crippen LogP contribution in [-0.4, -0.2) is 16.1 Å². The molecule has 2 aromatic rings.